The maximum absolute atomic E-state index is 12.8. The molecule has 0 bridgehead atoms. The van der Waals surface area contributed by atoms with Gasteiger partial charge in [0.15, 0.2) is 5.96 Å². The summed E-state index contributed by atoms with van der Waals surface area (Å²) in [6.45, 7) is 3.41. The second-order valence-corrected chi connectivity index (χ2v) is 5.08. The van der Waals surface area contributed by atoms with E-state index in [1.54, 1.807) is 26.3 Å². The molecule has 20 heavy (non-hydrogen) atoms. The van der Waals surface area contributed by atoms with Gasteiger partial charge in [0.1, 0.15) is 5.82 Å². The van der Waals surface area contributed by atoms with Gasteiger partial charge in [-0.15, -0.1) is 0 Å². The molecule has 2 rings (SSSR count). The van der Waals surface area contributed by atoms with Crippen LogP contribution in [0.2, 0.25) is 0 Å². The molecule has 1 N–H and O–H groups in total. The first kappa shape index (κ1) is 14.8. The second kappa shape index (κ2) is 7.24. The van der Waals surface area contributed by atoms with E-state index in [1.807, 2.05) is 0 Å². The molecule has 1 aromatic carbocycles. The molecule has 0 aliphatic carbocycles. The van der Waals surface area contributed by atoms with Crippen LogP contribution in [0.4, 0.5) is 4.39 Å². The first-order valence-corrected chi connectivity index (χ1v) is 6.92. The number of nitrogens with one attached hydrogen (secondary N) is 1. The standard InChI is InChI=1S/C15H22FN3O/c1-17-15(19-8-7-13(10-19)11-20-2)18-9-12-3-5-14(16)6-4-12/h3-6,13H,7-11H2,1-2H3,(H,17,18). The highest BCUT2D eigenvalue weighted by molar-refractivity contribution is 5.80. The summed E-state index contributed by atoms with van der Waals surface area (Å²) in [5.74, 6) is 1.26. The maximum Gasteiger partial charge on any atom is 0.193 e. The summed E-state index contributed by atoms with van der Waals surface area (Å²) in [5, 5.41) is 3.32. The third-order valence-corrected chi connectivity index (χ3v) is 3.56. The summed E-state index contributed by atoms with van der Waals surface area (Å²) >= 11 is 0. The predicted octanol–water partition coefficient (Wildman–Crippen LogP) is 1.87. The second-order valence-electron chi connectivity index (χ2n) is 5.08. The van der Waals surface area contributed by atoms with Crippen molar-refractivity contribution in [1.29, 1.82) is 0 Å². The smallest absolute Gasteiger partial charge is 0.193 e. The molecule has 0 saturated carbocycles. The number of hydrogen-bond acceptors (Lipinski definition) is 2. The molecule has 110 valence electrons. The maximum atomic E-state index is 12.8. The normalized spacial score (nSPS) is 19.4. The Hall–Kier alpha value is -1.62. The van der Waals surface area contributed by atoms with Crippen LogP contribution < -0.4 is 5.32 Å². The molecule has 1 heterocycles. The fraction of sp³-hybridized carbons (Fsp3) is 0.533. The minimum absolute atomic E-state index is 0.208. The van der Waals surface area contributed by atoms with Crippen molar-refractivity contribution in [3.05, 3.63) is 35.6 Å². The van der Waals surface area contributed by atoms with E-state index in [2.05, 4.69) is 15.2 Å². The van der Waals surface area contributed by atoms with E-state index in [0.717, 1.165) is 37.6 Å². The van der Waals surface area contributed by atoms with Crippen molar-refractivity contribution in [2.45, 2.75) is 13.0 Å². The fourth-order valence-corrected chi connectivity index (χ4v) is 2.51. The number of ether oxygens (including phenoxy) is 1. The van der Waals surface area contributed by atoms with E-state index < -0.39 is 0 Å². The van der Waals surface area contributed by atoms with Crippen LogP contribution in [-0.2, 0) is 11.3 Å². The summed E-state index contributed by atoms with van der Waals surface area (Å²) in [7, 11) is 3.53. The van der Waals surface area contributed by atoms with Gasteiger partial charge in [0.25, 0.3) is 0 Å². The van der Waals surface area contributed by atoms with E-state index >= 15 is 0 Å². The summed E-state index contributed by atoms with van der Waals surface area (Å²) in [5.41, 5.74) is 1.04. The first-order chi connectivity index (χ1) is 9.72. The van der Waals surface area contributed by atoms with E-state index in [-0.39, 0.29) is 5.82 Å². The molecule has 1 aliphatic heterocycles. The lowest BCUT2D eigenvalue weighted by molar-refractivity contribution is 0.157. The molecule has 1 aliphatic rings. The SMILES string of the molecule is CN=C(NCc1ccc(F)cc1)N1CCC(COC)C1. The molecule has 4 nitrogen and oxygen atoms in total. The van der Waals surface area contributed by atoms with Crippen molar-refractivity contribution < 1.29 is 9.13 Å². The highest BCUT2D eigenvalue weighted by atomic mass is 19.1. The number of aliphatic imine (C=N–C) groups is 1. The van der Waals surface area contributed by atoms with Crippen LogP contribution in [0.5, 0.6) is 0 Å². The van der Waals surface area contributed by atoms with E-state index in [4.69, 9.17) is 4.74 Å². The van der Waals surface area contributed by atoms with Crippen molar-refractivity contribution in [3.8, 4) is 0 Å². The number of hydrogen-bond donors (Lipinski definition) is 1. The highest BCUT2D eigenvalue weighted by Crippen LogP contribution is 2.16. The quantitative estimate of drug-likeness (QED) is 0.675. The Morgan fingerprint density at radius 2 is 2.20 bits per heavy atom. The summed E-state index contributed by atoms with van der Waals surface area (Å²) in [6.07, 6.45) is 1.13. The molecule has 1 unspecified atom stereocenters. The van der Waals surface area contributed by atoms with Gasteiger partial charge in [-0.05, 0) is 24.1 Å². The molecule has 0 spiro atoms. The van der Waals surface area contributed by atoms with Crippen LogP contribution in [0, 0.1) is 11.7 Å². The van der Waals surface area contributed by atoms with Gasteiger partial charge in [-0.25, -0.2) is 4.39 Å². The number of benzene rings is 1. The molecule has 1 atom stereocenters. The first-order valence-electron chi connectivity index (χ1n) is 6.92. The lowest BCUT2D eigenvalue weighted by Gasteiger charge is -2.21. The van der Waals surface area contributed by atoms with Crippen LogP contribution in [0.3, 0.4) is 0 Å². The lowest BCUT2D eigenvalue weighted by Crippen LogP contribution is -2.39. The third-order valence-electron chi connectivity index (χ3n) is 3.56. The van der Waals surface area contributed by atoms with Gasteiger partial charge >= 0.3 is 0 Å². The number of nitrogens with zero attached hydrogens (tertiary/aromatic N) is 2. The number of halogens is 1. The molecule has 1 aromatic rings. The summed E-state index contributed by atoms with van der Waals surface area (Å²) in [6, 6.07) is 6.52. The highest BCUT2D eigenvalue weighted by Gasteiger charge is 2.24. The number of guanidine groups is 1. The molecule has 1 saturated heterocycles. The van der Waals surface area contributed by atoms with Crippen molar-refractivity contribution in [2.24, 2.45) is 10.9 Å². The zero-order valence-corrected chi connectivity index (χ0v) is 12.1. The van der Waals surface area contributed by atoms with Crippen LogP contribution in [-0.4, -0.2) is 44.7 Å². The average molecular weight is 279 g/mol. The summed E-state index contributed by atoms with van der Waals surface area (Å²) < 4.78 is 18.1. The Bertz CT molecular complexity index is 447. The number of likely N-dealkylation sites (tertiary alicyclic amines) is 1. The zero-order valence-electron chi connectivity index (χ0n) is 12.1. The topological polar surface area (TPSA) is 36.9 Å². The van der Waals surface area contributed by atoms with Gasteiger partial charge in [-0.1, -0.05) is 12.1 Å². The molecule has 0 radical (unpaired) electrons. The van der Waals surface area contributed by atoms with Gasteiger partial charge in [0, 0.05) is 39.7 Å². The number of rotatable bonds is 4. The molecular weight excluding hydrogens is 257 g/mol. The van der Waals surface area contributed by atoms with Crippen LogP contribution in [0.25, 0.3) is 0 Å². The largest absolute Gasteiger partial charge is 0.384 e. The van der Waals surface area contributed by atoms with Gasteiger partial charge in [-0.2, -0.15) is 0 Å². The predicted molar refractivity (Wildman–Crippen MR) is 78.2 cm³/mol. The average Bonchev–Trinajstić information content (AvgIpc) is 2.91. The zero-order chi connectivity index (χ0) is 14.4. The Morgan fingerprint density at radius 3 is 2.85 bits per heavy atom. The van der Waals surface area contributed by atoms with Gasteiger partial charge in [0.05, 0.1) is 6.61 Å². The third kappa shape index (κ3) is 3.93. The van der Waals surface area contributed by atoms with Crippen LogP contribution in [0.15, 0.2) is 29.3 Å². The Kier molecular flexibility index (Phi) is 5.35. The van der Waals surface area contributed by atoms with Gasteiger partial charge in [-0.3, -0.25) is 4.99 Å². The van der Waals surface area contributed by atoms with Crippen molar-refractivity contribution in [2.75, 3.05) is 33.9 Å². The summed E-state index contributed by atoms with van der Waals surface area (Å²) in [4.78, 5) is 6.56. The minimum Gasteiger partial charge on any atom is -0.384 e. The van der Waals surface area contributed by atoms with E-state index in [9.17, 15) is 4.39 Å². The molecule has 0 aromatic heterocycles. The van der Waals surface area contributed by atoms with Crippen LogP contribution >= 0.6 is 0 Å². The van der Waals surface area contributed by atoms with Crippen molar-refractivity contribution in [3.63, 3.8) is 0 Å². The van der Waals surface area contributed by atoms with Crippen LogP contribution in [0.1, 0.15) is 12.0 Å². The molecule has 0 amide bonds. The van der Waals surface area contributed by atoms with Gasteiger partial charge in [0.2, 0.25) is 0 Å². The van der Waals surface area contributed by atoms with E-state index in [0.29, 0.717) is 12.5 Å². The minimum atomic E-state index is -0.208. The Balaban J connectivity index is 1.85. The Labute approximate surface area is 119 Å². The van der Waals surface area contributed by atoms with E-state index in [1.165, 1.54) is 12.1 Å². The lowest BCUT2D eigenvalue weighted by atomic mass is 10.1. The number of methoxy groups -OCH3 is 1. The fourth-order valence-electron chi connectivity index (χ4n) is 2.51. The molecule has 1 fully saturated rings. The van der Waals surface area contributed by atoms with Crippen molar-refractivity contribution >= 4 is 5.96 Å². The Morgan fingerprint density at radius 1 is 1.45 bits per heavy atom. The molecular formula is C15H22FN3O. The monoisotopic (exact) mass is 279 g/mol. The van der Waals surface area contributed by atoms with Gasteiger partial charge < -0.3 is 15.0 Å². The van der Waals surface area contributed by atoms with Crippen molar-refractivity contribution in [1.82, 2.24) is 10.2 Å². The molecule has 5 heteroatoms.